The van der Waals surface area contributed by atoms with E-state index in [-0.39, 0.29) is 0 Å². The van der Waals surface area contributed by atoms with E-state index in [9.17, 15) is 0 Å². The van der Waals surface area contributed by atoms with Crippen LogP contribution < -0.4 is 32.4 Å². The van der Waals surface area contributed by atoms with Crippen molar-refractivity contribution in [2.24, 2.45) is 0 Å². The molecule has 0 amide bonds. The fourth-order valence-corrected chi connectivity index (χ4v) is 2.68. The first-order valence-electron chi connectivity index (χ1n) is 8.29. The summed E-state index contributed by atoms with van der Waals surface area (Å²) in [4.78, 5) is 0. The lowest BCUT2D eigenvalue weighted by atomic mass is 10.1. The summed E-state index contributed by atoms with van der Waals surface area (Å²) in [6.45, 7) is 8.60. The zero-order valence-corrected chi connectivity index (χ0v) is 15.4. The smallest absolute Gasteiger partial charge is 0.145 e. The van der Waals surface area contributed by atoms with Gasteiger partial charge in [-0.15, -0.1) is 0 Å². The highest BCUT2D eigenvalue weighted by molar-refractivity contribution is 5.71. The van der Waals surface area contributed by atoms with Gasteiger partial charge in [0.05, 0.1) is 24.6 Å². The molecule has 0 aliphatic heterocycles. The molecule has 0 fully saturated rings. The van der Waals surface area contributed by atoms with Crippen LogP contribution in [0.5, 0.6) is 11.5 Å². The maximum absolute atomic E-state index is 6.10. The van der Waals surface area contributed by atoms with E-state index in [1.54, 1.807) is 0 Å². The van der Waals surface area contributed by atoms with Crippen molar-refractivity contribution in [2.75, 3.05) is 36.1 Å². The fraction of sp³-hybridized carbons (Fsp3) is 0.368. The minimum absolute atomic E-state index is 0.487. The van der Waals surface area contributed by atoms with Crippen molar-refractivity contribution in [3.8, 4) is 11.5 Å². The first-order chi connectivity index (χ1) is 11.7. The van der Waals surface area contributed by atoms with Crippen LogP contribution in [0.4, 0.5) is 22.7 Å². The molecule has 2 aromatic rings. The molecule has 0 atom stereocenters. The van der Waals surface area contributed by atoms with Gasteiger partial charge in [0, 0.05) is 17.8 Å². The average molecular weight is 344 g/mol. The maximum atomic E-state index is 6.10. The quantitative estimate of drug-likeness (QED) is 0.472. The van der Waals surface area contributed by atoms with E-state index in [4.69, 9.17) is 32.4 Å². The van der Waals surface area contributed by atoms with E-state index >= 15 is 0 Å². The number of rotatable bonds is 6. The third kappa shape index (κ3) is 3.84. The number of aryl methyl sites for hydroxylation is 2. The average Bonchev–Trinajstić information content (AvgIpc) is 2.55. The molecule has 0 spiro atoms. The molecule has 2 rings (SSSR count). The predicted molar refractivity (Wildman–Crippen MR) is 105 cm³/mol. The van der Waals surface area contributed by atoms with Gasteiger partial charge >= 0.3 is 0 Å². The van der Waals surface area contributed by atoms with Gasteiger partial charge in [0.25, 0.3) is 0 Å². The van der Waals surface area contributed by atoms with Gasteiger partial charge in [0.15, 0.2) is 0 Å². The first kappa shape index (κ1) is 18.6. The van der Waals surface area contributed by atoms with Crippen LogP contribution in [-0.4, -0.2) is 13.2 Å². The zero-order chi connectivity index (χ0) is 18.7. The third-order valence-corrected chi connectivity index (χ3v) is 4.41. The fourth-order valence-electron chi connectivity index (χ4n) is 2.68. The topological polar surface area (TPSA) is 123 Å². The predicted octanol–water partition coefficient (Wildman–Crippen LogP) is 3.10. The maximum Gasteiger partial charge on any atom is 0.145 e. The van der Waals surface area contributed by atoms with Crippen LogP contribution in [0.1, 0.15) is 28.7 Å². The van der Waals surface area contributed by atoms with E-state index in [2.05, 4.69) is 0 Å². The molecule has 25 heavy (non-hydrogen) atoms. The van der Waals surface area contributed by atoms with Gasteiger partial charge in [-0.05, 0) is 62.1 Å². The van der Waals surface area contributed by atoms with Crippen LogP contribution in [-0.2, 0) is 0 Å². The van der Waals surface area contributed by atoms with Crippen molar-refractivity contribution in [1.29, 1.82) is 0 Å². The largest absolute Gasteiger partial charge is 0.491 e. The van der Waals surface area contributed by atoms with E-state index in [1.165, 1.54) is 0 Å². The molecular weight excluding hydrogens is 316 g/mol. The van der Waals surface area contributed by atoms with Crippen molar-refractivity contribution in [3.05, 3.63) is 34.4 Å². The van der Waals surface area contributed by atoms with Crippen molar-refractivity contribution in [2.45, 2.75) is 34.1 Å². The number of hydrogen-bond donors (Lipinski definition) is 4. The Bertz CT molecular complexity index is 722. The van der Waals surface area contributed by atoms with E-state index < -0.39 is 0 Å². The molecule has 6 heteroatoms. The van der Waals surface area contributed by atoms with Crippen LogP contribution in [0.2, 0.25) is 0 Å². The monoisotopic (exact) mass is 344 g/mol. The van der Waals surface area contributed by atoms with Gasteiger partial charge in [-0.3, -0.25) is 0 Å². The highest BCUT2D eigenvalue weighted by Crippen LogP contribution is 2.34. The van der Waals surface area contributed by atoms with Crippen LogP contribution in [0.15, 0.2) is 12.1 Å². The number of anilines is 4. The molecule has 8 N–H and O–H groups in total. The van der Waals surface area contributed by atoms with Crippen molar-refractivity contribution >= 4 is 22.7 Å². The Labute approximate surface area is 149 Å². The van der Waals surface area contributed by atoms with Crippen LogP contribution in [0.25, 0.3) is 0 Å². The van der Waals surface area contributed by atoms with Gasteiger partial charge in [-0.25, -0.2) is 0 Å². The molecule has 2 aromatic carbocycles. The zero-order valence-electron chi connectivity index (χ0n) is 15.4. The minimum atomic E-state index is 0.487. The molecule has 0 unspecified atom stereocenters. The highest BCUT2D eigenvalue weighted by atomic mass is 16.5. The van der Waals surface area contributed by atoms with E-state index in [0.29, 0.717) is 53.9 Å². The van der Waals surface area contributed by atoms with Gasteiger partial charge in [0.1, 0.15) is 11.5 Å². The molecule has 0 aromatic heterocycles. The number of nitrogens with two attached hydrogens (primary N) is 4. The Morgan fingerprint density at radius 2 is 1.04 bits per heavy atom. The number of ether oxygens (including phenoxy) is 2. The molecule has 0 aliphatic carbocycles. The summed E-state index contributed by atoms with van der Waals surface area (Å²) in [5.41, 5.74) is 30.1. The Morgan fingerprint density at radius 3 is 1.40 bits per heavy atom. The van der Waals surface area contributed by atoms with Gasteiger partial charge in [0.2, 0.25) is 0 Å². The summed E-state index contributed by atoms with van der Waals surface area (Å²) < 4.78 is 11.7. The lowest BCUT2D eigenvalue weighted by Crippen LogP contribution is -2.10. The SMILES string of the molecule is Cc1cc(N)c(C)c(N)c1OCCCOc1c(C)cc(N)c(C)c1N. The summed E-state index contributed by atoms with van der Waals surface area (Å²) in [5, 5.41) is 0. The molecule has 0 heterocycles. The summed E-state index contributed by atoms with van der Waals surface area (Å²) in [6, 6.07) is 3.75. The lowest BCUT2D eigenvalue weighted by Gasteiger charge is -2.17. The Balaban J connectivity index is 1.94. The second kappa shape index (κ2) is 7.42. The van der Waals surface area contributed by atoms with Crippen molar-refractivity contribution in [1.82, 2.24) is 0 Å². The third-order valence-electron chi connectivity index (χ3n) is 4.41. The summed E-state index contributed by atoms with van der Waals surface area (Å²) in [7, 11) is 0. The van der Waals surface area contributed by atoms with Gasteiger partial charge in [-0.1, -0.05) is 0 Å². The second-order valence-electron chi connectivity index (χ2n) is 6.35. The Hall–Kier alpha value is -2.76. The van der Waals surface area contributed by atoms with E-state index in [1.807, 2.05) is 39.8 Å². The highest BCUT2D eigenvalue weighted by Gasteiger charge is 2.12. The van der Waals surface area contributed by atoms with Crippen LogP contribution >= 0.6 is 0 Å². The Kier molecular flexibility index (Phi) is 5.51. The first-order valence-corrected chi connectivity index (χ1v) is 8.29. The summed E-state index contributed by atoms with van der Waals surface area (Å²) >= 11 is 0. The molecular formula is C19H28N4O2. The lowest BCUT2D eigenvalue weighted by molar-refractivity contribution is 0.247. The van der Waals surface area contributed by atoms with Gasteiger partial charge in [-0.2, -0.15) is 0 Å². The van der Waals surface area contributed by atoms with Crippen molar-refractivity contribution < 1.29 is 9.47 Å². The van der Waals surface area contributed by atoms with Crippen LogP contribution in [0.3, 0.4) is 0 Å². The van der Waals surface area contributed by atoms with Crippen molar-refractivity contribution in [3.63, 3.8) is 0 Å². The number of hydrogen-bond acceptors (Lipinski definition) is 6. The Morgan fingerprint density at radius 1 is 0.680 bits per heavy atom. The minimum Gasteiger partial charge on any atom is -0.491 e. The molecule has 6 nitrogen and oxygen atoms in total. The van der Waals surface area contributed by atoms with Crippen LogP contribution in [0, 0.1) is 27.7 Å². The molecule has 136 valence electrons. The van der Waals surface area contributed by atoms with Gasteiger partial charge < -0.3 is 32.4 Å². The summed E-state index contributed by atoms with van der Waals surface area (Å²) in [6.07, 6.45) is 0.699. The normalized spacial score (nSPS) is 10.7. The molecule has 0 radical (unpaired) electrons. The van der Waals surface area contributed by atoms with E-state index in [0.717, 1.165) is 22.3 Å². The molecule has 0 bridgehead atoms. The summed E-state index contributed by atoms with van der Waals surface area (Å²) in [5.74, 6) is 1.37. The second-order valence-corrected chi connectivity index (χ2v) is 6.35. The molecule has 0 saturated carbocycles. The standard InChI is InChI=1S/C19H28N4O2/c1-10-8-14(20)12(3)16(22)18(10)24-6-5-7-25-19-11(2)9-15(21)13(4)17(19)23/h8-9H,5-7,20-23H2,1-4H3. The molecule has 0 saturated heterocycles. The number of benzene rings is 2. The molecule has 0 aliphatic rings. The number of nitrogen functional groups attached to an aromatic ring is 4.